The molecule has 146 valence electrons. The lowest BCUT2D eigenvalue weighted by Crippen LogP contribution is -2.38. The highest BCUT2D eigenvalue weighted by atomic mass is 32.1. The van der Waals surface area contributed by atoms with E-state index in [9.17, 15) is 9.59 Å². The van der Waals surface area contributed by atoms with E-state index >= 15 is 0 Å². The highest BCUT2D eigenvalue weighted by Crippen LogP contribution is 2.23. The van der Waals surface area contributed by atoms with Gasteiger partial charge in [0.25, 0.3) is 0 Å². The summed E-state index contributed by atoms with van der Waals surface area (Å²) >= 11 is 1.13. The minimum atomic E-state index is -0.131. The van der Waals surface area contributed by atoms with Gasteiger partial charge in [-0.3, -0.25) is 19.1 Å². The average molecular weight is 388 g/mol. The Hall–Kier alpha value is -1.92. The molecule has 6 heteroatoms. The van der Waals surface area contributed by atoms with Crippen LogP contribution in [0.15, 0.2) is 34.4 Å². The van der Waals surface area contributed by atoms with Crippen molar-refractivity contribution in [1.29, 1.82) is 0 Å². The Morgan fingerprint density at radius 2 is 1.85 bits per heavy atom. The molecule has 2 atom stereocenters. The number of carbonyl (C=O) groups excluding carboxylic acids is 1. The Morgan fingerprint density at radius 1 is 1.19 bits per heavy atom. The highest BCUT2D eigenvalue weighted by Gasteiger charge is 2.22. The molecule has 0 radical (unpaired) electrons. The molecule has 0 unspecified atom stereocenters. The standard InChI is InChI=1S/C21H29N3O2S/c1-15-8-16(2)11-23(10-15)12-19-7-5-4-6-18(19)9-22-20(25)13-24-17(3)14-27-21(24)26/h4-7,14-16H,8-13H2,1-3H3,(H,22,25)/t15-,16+. The van der Waals surface area contributed by atoms with Gasteiger partial charge in [0.05, 0.1) is 0 Å². The van der Waals surface area contributed by atoms with E-state index in [1.54, 1.807) is 5.38 Å². The number of carbonyl (C=O) groups is 1. The molecule has 1 aromatic carbocycles. The molecule has 1 aliphatic rings. The van der Waals surface area contributed by atoms with Crippen molar-refractivity contribution in [2.75, 3.05) is 13.1 Å². The number of nitrogens with zero attached hydrogens (tertiary/aromatic N) is 2. The van der Waals surface area contributed by atoms with Crippen LogP contribution in [0.25, 0.3) is 0 Å². The molecular weight excluding hydrogens is 358 g/mol. The third-order valence-electron chi connectivity index (χ3n) is 5.21. The molecule has 1 amide bonds. The van der Waals surface area contributed by atoms with Crippen LogP contribution in [0.3, 0.4) is 0 Å². The van der Waals surface area contributed by atoms with Crippen molar-refractivity contribution in [1.82, 2.24) is 14.8 Å². The first-order valence-electron chi connectivity index (χ1n) is 9.63. The maximum Gasteiger partial charge on any atom is 0.307 e. The van der Waals surface area contributed by atoms with Gasteiger partial charge in [0.2, 0.25) is 5.91 Å². The SMILES string of the molecule is Cc1csc(=O)n1CC(=O)NCc1ccccc1CN1C[C@H](C)C[C@H](C)C1. The fourth-order valence-corrected chi connectivity index (χ4v) is 4.77. The number of piperidine rings is 1. The van der Waals surface area contributed by atoms with Crippen LogP contribution in [-0.4, -0.2) is 28.5 Å². The zero-order chi connectivity index (χ0) is 19.4. The van der Waals surface area contributed by atoms with Gasteiger partial charge in [-0.05, 0) is 36.3 Å². The molecule has 1 fully saturated rings. The van der Waals surface area contributed by atoms with Crippen LogP contribution in [0.4, 0.5) is 0 Å². The van der Waals surface area contributed by atoms with Gasteiger partial charge in [-0.25, -0.2) is 0 Å². The summed E-state index contributed by atoms with van der Waals surface area (Å²) in [6.45, 7) is 10.2. The normalized spacial score (nSPS) is 20.6. The fraction of sp³-hybridized carbons (Fsp3) is 0.524. The summed E-state index contributed by atoms with van der Waals surface area (Å²) in [7, 11) is 0. The van der Waals surface area contributed by atoms with Crippen molar-refractivity contribution in [3.05, 3.63) is 56.1 Å². The molecule has 1 aromatic heterocycles. The summed E-state index contributed by atoms with van der Waals surface area (Å²) in [5.41, 5.74) is 3.24. The van der Waals surface area contributed by atoms with Crippen LogP contribution < -0.4 is 10.2 Å². The third kappa shape index (κ3) is 5.30. The van der Waals surface area contributed by atoms with E-state index < -0.39 is 0 Å². The quantitative estimate of drug-likeness (QED) is 0.829. The lowest BCUT2D eigenvalue weighted by atomic mass is 9.91. The molecule has 0 saturated carbocycles. The van der Waals surface area contributed by atoms with Gasteiger partial charge in [-0.1, -0.05) is 49.4 Å². The van der Waals surface area contributed by atoms with Crippen molar-refractivity contribution >= 4 is 17.2 Å². The zero-order valence-electron chi connectivity index (χ0n) is 16.4. The van der Waals surface area contributed by atoms with Crippen molar-refractivity contribution in [2.45, 2.75) is 46.8 Å². The number of nitrogens with one attached hydrogen (secondary N) is 1. The molecule has 5 nitrogen and oxygen atoms in total. The highest BCUT2D eigenvalue weighted by molar-refractivity contribution is 7.07. The topological polar surface area (TPSA) is 54.3 Å². The number of aromatic nitrogens is 1. The van der Waals surface area contributed by atoms with E-state index in [4.69, 9.17) is 0 Å². The second kappa shape index (κ2) is 8.85. The van der Waals surface area contributed by atoms with Gasteiger partial charge in [0, 0.05) is 37.3 Å². The maximum absolute atomic E-state index is 12.3. The molecule has 2 heterocycles. The molecule has 0 bridgehead atoms. The zero-order valence-corrected chi connectivity index (χ0v) is 17.2. The van der Waals surface area contributed by atoms with Crippen LogP contribution in [0.5, 0.6) is 0 Å². The van der Waals surface area contributed by atoms with Crippen LogP contribution in [0.1, 0.15) is 37.1 Å². The average Bonchev–Trinajstić information content (AvgIpc) is 2.92. The Bertz CT molecular complexity index is 832. The number of aryl methyl sites for hydroxylation is 1. The lowest BCUT2D eigenvalue weighted by Gasteiger charge is -2.35. The molecule has 1 N–H and O–H groups in total. The lowest BCUT2D eigenvalue weighted by molar-refractivity contribution is -0.121. The number of likely N-dealkylation sites (tertiary alicyclic amines) is 1. The fourth-order valence-electron chi connectivity index (χ4n) is 4.04. The summed E-state index contributed by atoms with van der Waals surface area (Å²) < 4.78 is 1.52. The number of hydrogen-bond acceptors (Lipinski definition) is 4. The summed E-state index contributed by atoms with van der Waals surface area (Å²) in [5, 5.41) is 4.76. The predicted molar refractivity (Wildman–Crippen MR) is 110 cm³/mol. The van der Waals surface area contributed by atoms with E-state index in [1.807, 2.05) is 13.0 Å². The van der Waals surface area contributed by atoms with Crippen molar-refractivity contribution in [3.63, 3.8) is 0 Å². The minimum Gasteiger partial charge on any atom is -0.350 e. The molecule has 1 aliphatic heterocycles. The first kappa shape index (κ1) is 19.8. The number of hydrogen-bond donors (Lipinski definition) is 1. The summed E-state index contributed by atoms with van der Waals surface area (Å²) in [6.07, 6.45) is 1.30. The maximum atomic E-state index is 12.3. The van der Waals surface area contributed by atoms with E-state index in [1.165, 1.54) is 16.6 Å². The Morgan fingerprint density at radius 3 is 2.48 bits per heavy atom. The summed E-state index contributed by atoms with van der Waals surface area (Å²) in [4.78, 5) is 26.5. The van der Waals surface area contributed by atoms with Gasteiger partial charge >= 0.3 is 4.87 Å². The molecule has 1 saturated heterocycles. The number of rotatable bonds is 6. The summed E-state index contributed by atoms with van der Waals surface area (Å²) in [5.74, 6) is 1.33. The molecule has 27 heavy (non-hydrogen) atoms. The predicted octanol–water partition coefficient (Wildman–Crippen LogP) is 3.01. The second-order valence-corrected chi connectivity index (χ2v) is 8.74. The van der Waals surface area contributed by atoms with Gasteiger partial charge in [-0.15, -0.1) is 0 Å². The van der Waals surface area contributed by atoms with Crippen LogP contribution in [0.2, 0.25) is 0 Å². The van der Waals surface area contributed by atoms with Crippen molar-refractivity contribution < 1.29 is 4.79 Å². The smallest absolute Gasteiger partial charge is 0.307 e. The largest absolute Gasteiger partial charge is 0.350 e. The Labute approximate surface area is 165 Å². The van der Waals surface area contributed by atoms with Crippen LogP contribution >= 0.6 is 11.3 Å². The van der Waals surface area contributed by atoms with Gasteiger partial charge in [0.15, 0.2) is 0 Å². The molecule has 0 aliphatic carbocycles. The van der Waals surface area contributed by atoms with E-state index in [0.29, 0.717) is 6.54 Å². The van der Waals surface area contributed by atoms with Gasteiger partial charge in [0.1, 0.15) is 6.54 Å². The molecule has 3 rings (SSSR count). The second-order valence-electron chi connectivity index (χ2n) is 7.91. The first-order valence-corrected chi connectivity index (χ1v) is 10.5. The Kier molecular flexibility index (Phi) is 6.50. The van der Waals surface area contributed by atoms with Crippen LogP contribution in [0, 0.1) is 18.8 Å². The van der Waals surface area contributed by atoms with E-state index in [2.05, 4.69) is 42.3 Å². The Balaban J connectivity index is 1.60. The van der Waals surface area contributed by atoms with E-state index in [0.717, 1.165) is 54.1 Å². The number of amides is 1. The third-order valence-corrected chi connectivity index (χ3v) is 6.09. The van der Waals surface area contributed by atoms with Crippen molar-refractivity contribution in [3.8, 4) is 0 Å². The van der Waals surface area contributed by atoms with Gasteiger partial charge < -0.3 is 5.32 Å². The minimum absolute atomic E-state index is 0.0808. The van der Waals surface area contributed by atoms with Crippen LogP contribution in [-0.2, 0) is 24.4 Å². The monoisotopic (exact) mass is 387 g/mol. The molecule has 0 spiro atoms. The van der Waals surface area contributed by atoms with Crippen molar-refractivity contribution in [2.24, 2.45) is 11.8 Å². The summed E-state index contributed by atoms with van der Waals surface area (Å²) in [6, 6.07) is 8.30. The first-order chi connectivity index (χ1) is 12.9. The number of thiazole rings is 1. The van der Waals surface area contributed by atoms with E-state index in [-0.39, 0.29) is 17.3 Å². The number of benzene rings is 1. The molecular formula is C21H29N3O2S. The molecule has 2 aromatic rings. The van der Waals surface area contributed by atoms with Gasteiger partial charge in [-0.2, -0.15) is 0 Å².